The second-order valence-corrected chi connectivity index (χ2v) is 3.85. The summed E-state index contributed by atoms with van der Waals surface area (Å²) in [5.74, 6) is 2.06. The average Bonchev–Trinajstić information content (AvgIpc) is 2.76. The summed E-state index contributed by atoms with van der Waals surface area (Å²) in [6.45, 7) is 3.43. The zero-order valence-corrected chi connectivity index (χ0v) is 6.68. The number of hydrogen-bond donors (Lipinski definition) is 0. The van der Waals surface area contributed by atoms with Gasteiger partial charge in [-0.2, -0.15) is 0 Å². The van der Waals surface area contributed by atoms with E-state index in [-0.39, 0.29) is 0 Å². The molecule has 1 heteroatoms. The Morgan fingerprint density at radius 2 is 2.20 bits per heavy atom. The zero-order valence-electron chi connectivity index (χ0n) is 6.68. The van der Waals surface area contributed by atoms with Gasteiger partial charge in [0, 0.05) is 0 Å². The Morgan fingerprint density at radius 1 is 1.50 bits per heavy atom. The summed E-state index contributed by atoms with van der Waals surface area (Å²) < 4.78 is 5.16. The van der Waals surface area contributed by atoms with E-state index in [2.05, 4.69) is 6.92 Å². The van der Waals surface area contributed by atoms with E-state index in [1.165, 1.54) is 25.7 Å². The fourth-order valence-corrected chi connectivity index (χ4v) is 1.58. The molecule has 0 spiro atoms. The molecule has 1 nitrogen and oxygen atoms in total. The Bertz CT molecular complexity index is 114. The Hall–Kier alpha value is -0.0400. The van der Waals surface area contributed by atoms with Crippen LogP contribution in [0.2, 0.25) is 0 Å². The molecule has 1 saturated carbocycles. The number of rotatable bonds is 4. The van der Waals surface area contributed by atoms with E-state index in [1.54, 1.807) is 0 Å². The molecule has 2 fully saturated rings. The Balaban J connectivity index is 1.58. The van der Waals surface area contributed by atoms with Crippen LogP contribution in [0.3, 0.4) is 0 Å². The number of ether oxygens (including phenoxy) is 1. The zero-order chi connectivity index (χ0) is 6.97. The second-order valence-electron chi connectivity index (χ2n) is 3.85. The third-order valence-corrected chi connectivity index (χ3v) is 2.77. The smallest absolute Gasteiger partial charge is 0.0810 e. The fraction of sp³-hybridized carbons (Fsp3) is 1.00. The first-order chi connectivity index (χ1) is 4.86. The van der Waals surface area contributed by atoms with Gasteiger partial charge in [-0.3, -0.25) is 0 Å². The van der Waals surface area contributed by atoms with Gasteiger partial charge in [0.2, 0.25) is 0 Å². The monoisotopic (exact) mass is 140 g/mol. The van der Waals surface area contributed by atoms with Crippen LogP contribution in [0.4, 0.5) is 0 Å². The van der Waals surface area contributed by atoms with E-state index >= 15 is 0 Å². The van der Waals surface area contributed by atoms with Crippen molar-refractivity contribution in [3.8, 4) is 0 Å². The molecule has 0 aromatic heterocycles. The molecule has 1 aliphatic heterocycles. The Kier molecular flexibility index (Phi) is 1.69. The number of epoxide rings is 1. The second kappa shape index (κ2) is 2.54. The molecule has 1 saturated heterocycles. The Labute approximate surface area is 62.8 Å². The summed E-state index contributed by atoms with van der Waals surface area (Å²) in [4.78, 5) is 0. The van der Waals surface area contributed by atoms with E-state index in [9.17, 15) is 0 Å². The largest absolute Gasteiger partial charge is 0.373 e. The lowest BCUT2D eigenvalue weighted by molar-refractivity contribution is 0.361. The average molecular weight is 140 g/mol. The lowest BCUT2D eigenvalue weighted by Crippen LogP contribution is -1.98. The summed E-state index contributed by atoms with van der Waals surface area (Å²) in [6, 6.07) is 0. The first-order valence-corrected chi connectivity index (χ1v) is 4.48. The van der Waals surface area contributed by atoms with Crippen molar-refractivity contribution in [2.75, 3.05) is 6.61 Å². The third kappa shape index (κ3) is 1.72. The SMILES string of the molecule is CC(CCC1CO1)C1CC1. The fourth-order valence-electron chi connectivity index (χ4n) is 1.58. The number of hydrogen-bond acceptors (Lipinski definition) is 1. The van der Waals surface area contributed by atoms with Gasteiger partial charge in [0.05, 0.1) is 12.7 Å². The van der Waals surface area contributed by atoms with Crippen LogP contribution >= 0.6 is 0 Å². The molecular weight excluding hydrogens is 124 g/mol. The molecule has 2 unspecified atom stereocenters. The normalized spacial score (nSPS) is 33.9. The van der Waals surface area contributed by atoms with Crippen molar-refractivity contribution in [2.45, 2.75) is 38.7 Å². The van der Waals surface area contributed by atoms with Crippen molar-refractivity contribution in [2.24, 2.45) is 11.8 Å². The van der Waals surface area contributed by atoms with Crippen molar-refractivity contribution in [1.82, 2.24) is 0 Å². The molecule has 0 aromatic rings. The maximum Gasteiger partial charge on any atom is 0.0810 e. The molecule has 2 atom stereocenters. The minimum absolute atomic E-state index is 0.654. The maximum absolute atomic E-state index is 5.16. The van der Waals surface area contributed by atoms with Gasteiger partial charge in [0.25, 0.3) is 0 Å². The van der Waals surface area contributed by atoms with E-state index in [1.807, 2.05) is 0 Å². The van der Waals surface area contributed by atoms with Crippen molar-refractivity contribution in [3.63, 3.8) is 0 Å². The van der Waals surface area contributed by atoms with Gasteiger partial charge in [-0.1, -0.05) is 6.92 Å². The molecular formula is C9H16O. The molecule has 0 bridgehead atoms. The summed E-state index contributed by atoms with van der Waals surface area (Å²) in [5.41, 5.74) is 0. The van der Waals surface area contributed by atoms with Crippen molar-refractivity contribution in [1.29, 1.82) is 0 Å². The molecule has 1 aliphatic carbocycles. The predicted molar refractivity (Wildman–Crippen MR) is 40.9 cm³/mol. The highest BCUT2D eigenvalue weighted by Gasteiger charge is 2.30. The summed E-state index contributed by atoms with van der Waals surface area (Å²) >= 11 is 0. The summed E-state index contributed by atoms with van der Waals surface area (Å²) in [7, 11) is 0. The van der Waals surface area contributed by atoms with Crippen LogP contribution in [0, 0.1) is 11.8 Å². The van der Waals surface area contributed by atoms with Crippen LogP contribution in [0.25, 0.3) is 0 Å². The van der Waals surface area contributed by atoms with E-state index < -0.39 is 0 Å². The molecule has 58 valence electrons. The van der Waals surface area contributed by atoms with Crippen LogP contribution in [0.1, 0.15) is 32.6 Å². The third-order valence-electron chi connectivity index (χ3n) is 2.77. The van der Waals surface area contributed by atoms with Crippen LogP contribution in [0.15, 0.2) is 0 Å². The van der Waals surface area contributed by atoms with Crippen molar-refractivity contribution >= 4 is 0 Å². The highest BCUT2D eigenvalue weighted by atomic mass is 16.6. The topological polar surface area (TPSA) is 12.5 Å². The summed E-state index contributed by atoms with van der Waals surface area (Å²) in [6.07, 6.45) is 6.35. The van der Waals surface area contributed by atoms with Gasteiger partial charge in [-0.05, 0) is 37.5 Å². The van der Waals surface area contributed by atoms with Gasteiger partial charge in [0.15, 0.2) is 0 Å². The first kappa shape index (κ1) is 6.66. The standard InChI is InChI=1S/C9H16O/c1-7(8-3-4-8)2-5-9-6-10-9/h7-9H,2-6H2,1H3. The molecule has 0 amide bonds. The molecule has 0 N–H and O–H groups in total. The molecule has 1 heterocycles. The van der Waals surface area contributed by atoms with Crippen LogP contribution in [0.5, 0.6) is 0 Å². The van der Waals surface area contributed by atoms with Crippen LogP contribution in [-0.4, -0.2) is 12.7 Å². The molecule has 2 aliphatic rings. The predicted octanol–water partition coefficient (Wildman–Crippen LogP) is 2.21. The van der Waals surface area contributed by atoms with Gasteiger partial charge in [-0.15, -0.1) is 0 Å². The quantitative estimate of drug-likeness (QED) is 0.545. The van der Waals surface area contributed by atoms with E-state index in [4.69, 9.17) is 4.74 Å². The van der Waals surface area contributed by atoms with Crippen LogP contribution in [-0.2, 0) is 4.74 Å². The molecule has 0 radical (unpaired) electrons. The maximum atomic E-state index is 5.16. The van der Waals surface area contributed by atoms with Crippen molar-refractivity contribution in [3.05, 3.63) is 0 Å². The minimum Gasteiger partial charge on any atom is -0.373 e. The summed E-state index contributed by atoms with van der Waals surface area (Å²) in [5, 5.41) is 0. The lowest BCUT2D eigenvalue weighted by Gasteiger charge is -2.06. The molecule has 0 aromatic carbocycles. The lowest BCUT2D eigenvalue weighted by atomic mass is 9.99. The first-order valence-electron chi connectivity index (χ1n) is 4.48. The van der Waals surface area contributed by atoms with Gasteiger partial charge in [-0.25, -0.2) is 0 Å². The highest BCUT2D eigenvalue weighted by molar-refractivity contribution is 4.80. The van der Waals surface area contributed by atoms with Gasteiger partial charge >= 0.3 is 0 Å². The van der Waals surface area contributed by atoms with Crippen molar-refractivity contribution < 1.29 is 4.74 Å². The van der Waals surface area contributed by atoms with E-state index in [0.717, 1.165) is 18.4 Å². The molecule has 10 heavy (non-hydrogen) atoms. The molecule has 2 rings (SSSR count). The Morgan fingerprint density at radius 3 is 2.70 bits per heavy atom. The van der Waals surface area contributed by atoms with E-state index in [0.29, 0.717) is 6.10 Å². The highest BCUT2D eigenvalue weighted by Crippen LogP contribution is 2.39. The van der Waals surface area contributed by atoms with Gasteiger partial charge in [0.1, 0.15) is 0 Å². The van der Waals surface area contributed by atoms with Gasteiger partial charge < -0.3 is 4.74 Å². The van der Waals surface area contributed by atoms with Crippen LogP contribution < -0.4 is 0 Å². The minimum atomic E-state index is 0.654.